The van der Waals surface area contributed by atoms with Crippen LogP contribution in [-0.2, 0) is 0 Å². The summed E-state index contributed by atoms with van der Waals surface area (Å²) in [5.41, 5.74) is 18.8. The Labute approximate surface area is 400 Å². The predicted molar refractivity (Wildman–Crippen MR) is 289 cm³/mol. The van der Waals surface area contributed by atoms with Crippen molar-refractivity contribution in [2.75, 3.05) is 0 Å². The smallest absolute Gasteiger partial charge is 0.160 e. The average molecular weight is 878 g/mol. The molecule has 3 nitrogen and oxygen atoms in total. The molecule has 0 bridgehead atoms. The number of aromatic nitrogens is 3. The molecular formula is C66H43N3. The average Bonchev–Trinajstić information content (AvgIpc) is 3.77. The second kappa shape index (κ2) is 16.9. The van der Waals surface area contributed by atoms with Crippen molar-refractivity contribution < 1.29 is 0 Å². The molecule has 0 radical (unpaired) electrons. The van der Waals surface area contributed by atoms with Gasteiger partial charge in [-0.2, -0.15) is 0 Å². The van der Waals surface area contributed by atoms with Crippen LogP contribution >= 0.6 is 0 Å². The van der Waals surface area contributed by atoms with Crippen LogP contribution in [0.2, 0.25) is 0 Å². The molecule has 0 N–H and O–H groups in total. The molecule has 11 aromatic carbocycles. The maximum Gasteiger partial charge on any atom is 0.160 e. The van der Waals surface area contributed by atoms with Crippen LogP contribution in [0.15, 0.2) is 261 Å². The van der Waals surface area contributed by atoms with Crippen LogP contribution in [0, 0.1) is 0 Å². The number of rotatable bonds is 8. The van der Waals surface area contributed by atoms with Gasteiger partial charge in [-0.15, -0.1) is 0 Å². The lowest BCUT2D eigenvalue weighted by molar-refractivity contribution is 1.17. The molecule has 0 spiro atoms. The molecule has 0 aliphatic carbocycles. The first-order valence-electron chi connectivity index (χ1n) is 23.6. The molecule has 0 aliphatic heterocycles. The van der Waals surface area contributed by atoms with E-state index in [9.17, 15) is 0 Å². The second-order valence-corrected chi connectivity index (χ2v) is 17.7. The van der Waals surface area contributed by atoms with Gasteiger partial charge in [0.05, 0.1) is 22.2 Å². The Morgan fingerprint density at radius 1 is 0.261 bits per heavy atom. The number of hydrogen-bond donors (Lipinski definition) is 0. The van der Waals surface area contributed by atoms with Gasteiger partial charge in [-0.3, -0.25) is 0 Å². The molecule has 0 fully saturated rings. The van der Waals surface area contributed by atoms with Crippen LogP contribution in [0.5, 0.6) is 0 Å². The second-order valence-electron chi connectivity index (χ2n) is 17.7. The van der Waals surface area contributed by atoms with Crippen LogP contribution < -0.4 is 0 Å². The molecule has 0 aliphatic rings. The normalized spacial score (nSPS) is 11.5. The van der Waals surface area contributed by atoms with Gasteiger partial charge in [-0.05, 0) is 97.7 Å². The number of fused-ring (bicyclic) bond motifs is 5. The standard InChI is InChI=1S/C66H43N3/c1-5-19-44(20-6-1)52-40-58(47-23-9-3-10-24-47)64-60(42-52)61-43-53(45-21-7-2-8-22-45)41-59(48-25-11-4-12-26-48)65(61)69(64)54-30-17-29-51(39-54)66-67-62-34-16-15-32-57(62)63(68-66)50-37-35-49(36-38-50)56-33-18-28-46-27-13-14-31-55(46)56/h1-43H. The van der Waals surface area contributed by atoms with Crippen LogP contribution in [0.3, 0.4) is 0 Å². The molecule has 3 heteroatoms. The molecule has 2 aromatic heterocycles. The van der Waals surface area contributed by atoms with E-state index in [-0.39, 0.29) is 0 Å². The van der Waals surface area contributed by atoms with Gasteiger partial charge in [0.2, 0.25) is 0 Å². The summed E-state index contributed by atoms with van der Waals surface area (Å²) in [4.78, 5) is 10.7. The molecule has 13 aromatic rings. The third-order valence-corrected chi connectivity index (χ3v) is 13.6. The Kier molecular flexibility index (Phi) is 9.84. The minimum absolute atomic E-state index is 0.675. The zero-order valence-corrected chi connectivity index (χ0v) is 37.7. The molecule has 0 amide bonds. The third kappa shape index (κ3) is 7.16. The van der Waals surface area contributed by atoms with E-state index in [1.54, 1.807) is 0 Å². The molecule has 0 saturated carbocycles. The molecular weight excluding hydrogens is 835 g/mol. The minimum Gasteiger partial charge on any atom is -0.308 e. The van der Waals surface area contributed by atoms with E-state index in [2.05, 4.69) is 265 Å². The van der Waals surface area contributed by atoms with Gasteiger partial charge < -0.3 is 4.57 Å². The first kappa shape index (κ1) is 40.1. The molecule has 0 atom stereocenters. The maximum atomic E-state index is 5.44. The van der Waals surface area contributed by atoms with E-state index >= 15 is 0 Å². The highest BCUT2D eigenvalue weighted by molar-refractivity contribution is 6.19. The Balaban J connectivity index is 1.06. The molecule has 0 unspecified atom stereocenters. The summed E-state index contributed by atoms with van der Waals surface area (Å²) in [6.07, 6.45) is 0. The highest BCUT2D eigenvalue weighted by Crippen LogP contribution is 2.46. The maximum absolute atomic E-state index is 5.44. The predicted octanol–water partition coefficient (Wildman–Crippen LogP) is 17.5. The molecule has 0 saturated heterocycles. The monoisotopic (exact) mass is 877 g/mol. The van der Waals surface area contributed by atoms with Crippen molar-refractivity contribution in [3.05, 3.63) is 261 Å². The topological polar surface area (TPSA) is 30.7 Å². The summed E-state index contributed by atoms with van der Waals surface area (Å²) in [7, 11) is 0. The van der Waals surface area contributed by atoms with E-state index in [1.165, 1.54) is 54.9 Å². The Hall–Kier alpha value is -9.18. The van der Waals surface area contributed by atoms with E-state index in [0.717, 1.165) is 66.7 Å². The summed E-state index contributed by atoms with van der Waals surface area (Å²) in [6, 6.07) is 93.8. The van der Waals surface area contributed by atoms with E-state index in [1.807, 2.05) is 0 Å². The van der Waals surface area contributed by atoms with Crippen molar-refractivity contribution in [1.82, 2.24) is 14.5 Å². The summed E-state index contributed by atoms with van der Waals surface area (Å²) in [5, 5.41) is 5.85. The Morgan fingerprint density at radius 3 is 1.33 bits per heavy atom. The van der Waals surface area contributed by atoms with E-state index in [0.29, 0.717) is 5.82 Å². The first-order valence-corrected chi connectivity index (χ1v) is 23.6. The SMILES string of the molecule is c1ccc(-c2cc(-c3ccccc3)c3c(c2)c2cc(-c4ccccc4)cc(-c4ccccc4)c2n3-c2cccc(-c3nc(-c4ccc(-c5cccc6ccccc56)cc4)c4ccccc4n3)c2)cc1. The van der Waals surface area contributed by atoms with Crippen LogP contribution in [-0.4, -0.2) is 14.5 Å². The largest absolute Gasteiger partial charge is 0.308 e. The highest BCUT2D eigenvalue weighted by atomic mass is 15.0. The molecule has 2 heterocycles. The third-order valence-electron chi connectivity index (χ3n) is 13.6. The zero-order chi connectivity index (χ0) is 45.7. The van der Waals surface area contributed by atoms with Crippen molar-refractivity contribution in [2.24, 2.45) is 0 Å². The van der Waals surface area contributed by atoms with Crippen molar-refractivity contribution in [3.63, 3.8) is 0 Å². The lowest BCUT2D eigenvalue weighted by Crippen LogP contribution is -2.00. The quantitative estimate of drug-likeness (QED) is 0.152. The van der Waals surface area contributed by atoms with Gasteiger partial charge in [-0.1, -0.05) is 218 Å². The van der Waals surface area contributed by atoms with Crippen molar-refractivity contribution >= 4 is 43.5 Å². The van der Waals surface area contributed by atoms with Crippen LogP contribution in [0.25, 0.3) is 127 Å². The fraction of sp³-hybridized carbons (Fsp3) is 0. The first-order chi connectivity index (χ1) is 34.2. The zero-order valence-electron chi connectivity index (χ0n) is 37.7. The minimum atomic E-state index is 0.675. The fourth-order valence-corrected chi connectivity index (χ4v) is 10.3. The van der Waals surface area contributed by atoms with Crippen molar-refractivity contribution in [2.45, 2.75) is 0 Å². The van der Waals surface area contributed by atoms with Crippen LogP contribution in [0.4, 0.5) is 0 Å². The van der Waals surface area contributed by atoms with Gasteiger partial charge in [0.15, 0.2) is 5.82 Å². The van der Waals surface area contributed by atoms with E-state index < -0.39 is 0 Å². The summed E-state index contributed by atoms with van der Waals surface area (Å²) < 4.78 is 2.50. The fourth-order valence-electron chi connectivity index (χ4n) is 10.3. The van der Waals surface area contributed by atoms with Crippen molar-refractivity contribution in [3.8, 4) is 84.0 Å². The summed E-state index contributed by atoms with van der Waals surface area (Å²) in [5.74, 6) is 0.675. The lowest BCUT2D eigenvalue weighted by Gasteiger charge is -2.17. The molecule has 322 valence electrons. The number of nitrogens with zero attached hydrogens (tertiary/aromatic N) is 3. The lowest BCUT2D eigenvalue weighted by atomic mass is 9.93. The van der Waals surface area contributed by atoms with Gasteiger partial charge in [0.25, 0.3) is 0 Å². The summed E-state index contributed by atoms with van der Waals surface area (Å²) in [6.45, 7) is 0. The number of benzene rings is 11. The van der Waals surface area contributed by atoms with Gasteiger partial charge in [0.1, 0.15) is 0 Å². The highest BCUT2D eigenvalue weighted by Gasteiger charge is 2.23. The van der Waals surface area contributed by atoms with Gasteiger partial charge in [-0.25, -0.2) is 9.97 Å². The summed E-state index contributed by atoms with van der Waals surface area (Å²) >= 11 is 0. The Morgan fingerprint density at radius 2 is 0.725 bits per heavy atom. The van der Waals surface area contributed by atoms with Crippen molar-refractivity contribution in [1.29, 1.82) is 0 Å². The Bertz CT molecular complexity index is 3880. The van der Waals surface area contributed by atoms with E-state index in [4.69, 9.17) is 9.97 Å². The van der Waals surface area contributed by atoms with Gasteiger partial charge in [0, 0.05) is 44.1 Å². The molecule has 69 heavy (non-hydrogen) atoms. The number of hydrogen-bond acceptors (Lipinski definition) is 2. The van der Waals surface area contributed by atoms with Crippen LogP contribution in [0.1, 0.15) is 0 Å². The molecule has 13 rings (SSSR count). The van der Waals surface area contributed by atoms with Gasteiger partial charge >= 0.3 is 0 Å². The number of para-hydroxylation sites is 1.